The van der Waals surface area contributed by atoms with Gasteiger partial charge in [0, 0.05) is 11.7 Å². The van der Waals surface area contributed by atoms with Crippen molar-refractivity contribution in [2.45, 2.75) is 58.7 Å². The summed E-state index contributed by atoms with van der Waals surface area (Å²) in [6, 6.07) is 1.91. The first-order valence-electron chi connectivity index (χ1n) is 6.77. The van der Waals surface area contributed by atoms with Crippen molar-refractivity contribution in [3.63, 3.8) is 0 Å². The second-order valence-electron chi connectivity index (χ2n) is 6.04. The fourth-order valence-corrected chi connectivity index (χ4v) is 2.33. The van der Waals surface area contributed by atoms with E-state index in [0.717, 1.165) is 23.9 Å². The van der Waals surface area contributed by atoms with Crippen molar-refractivity contribution in [2.75, 3.05) is 0 Å². The third kappa shape index (κ3) is 2.81. The summed E-state index contributed by atoms with van der Waals surface area (Å²) in [6.45, 7) is 10.3. The lowest BCUT2D eigenvalue weighted by Gasteiger charge is -2.32. The van der Waals surface area contributed by atoms with E-state index in [1.165, 1.54) is 0 Å². The molecule has 0 atom stereocenters. The fourth-order valence-electron chi connectivity index (χ4n) is 2.15. The minimum absolute atomic E-state index is 0.333. The molecule has 1 fully saturated rings. The van der Waals surface area contributed by atoms with E-state index in [1.54, 1.807) is 6.20 Å². The van der Waals surface area contributed by atoms with Crippen molar-refractivity contribution < 1.29 is 9.31 Å². The summed E-state index contributed by atoms with van der Waals surface area (Å²) < 4.78 is 12.1. The Morgan fingerprint density at radius 2 is 1.79 bits per heavy atom. The molecule has 0 bridgehead atoms. The molecule has 1 aliphatic rings. The molecule has 3 nitrogen and oxygen atoms in total. The van der Waals surface area contributed by atoms with Crippen LogP contribution < -0.4 is 5.46 Å². The molecule has 0 spiro atoms. The summed E-state index contributed by atoms with van der Waals surface area (Å²) >= 11 is 5.98. The highest BCUT2D eigenvalue weighted by Gasteiger charge is 2.52. The van der Waals surface area contributed by atoms with Crippen LogP contribution in [0.5, 0.6) is 0 Å². The molecule has 0 unspecified atom stereocenters. The van der Waals surface area contributed by atoms with Crippen LogP contribution in [0, 0.1) is 0 Å². The zero-order chi connectivity index (χ0) is 14.3. The van der Waals surface area contributed by atoms with Gasteiger partial charge in [-0.2, -0.15) is 0 Å². The summed E-state index contributed by atoms with van der Waals surface area (Å²) in [7, 11) is -0.365. The zero-order valence-electron chi connectivity index (χ0n) is 12.3. The fraction of sp³-hybridized carbons (Fsp3) is 0.643. The van der Waals surface area contributed by atoms with Crippen LogP contribution in [0.2, 0.25) is 5.15 Å². The average molecular weight is 282 g/mol. The Bertz CT molecular complexity index is 461. The molecule has 0 radical (unpaired) electrons. The standard InChI is InChI=1S/C14H21BClNO2/c1-6-7-10-8-12(16)17-9-11(10)15-18-13(2,3)14(4,5)19-15/h8-9H,6-7H2,1-5H3. The van der Waals surface area contributed by atoms with Gasteiger partial charge in [-0.05, 0) is 45.7 Å². The minimum Gasteiger partial charge on any atom is -0.399 e. The van der Waals surface area contributed by atoms with Gasteiger partial charge in [-0.25, -0.2) is 4.98 Å². The van der Waals surface area contributed by atoms with E-state index >= 15 is 0 Å². The van der Waals surface area contributed by atoms with E-state index in [4.69, 9.17) is 20.9 Å². The molecule has 0 aliphatic carbocycles. The molecule has 0 saturated carbocycles. The Hall–Kier alpha value is -0.575. The van der Waals surface area contributed by atoms with Crippen LogP contribution in [-0.2, 0) is 15.7 Å². The van der Waals surface area contributed by atoms with Crippen LogP contribution in [0.3, 0.4) is 0 Å². The lowest BCUT2D eigenvalue weighted by molar-refractivity contribution is 0.00578. The van der Waals surface area contributed by atoms with Gasteiger partial charge in [0.25, 0.3) is 0 Å². The largest absolute Gasteiger partial charge is 0.496 e. The van der Waals surface area contributed by atoms with Crippen molar-refractivity contribution >= 4 is 24.2 Å². The molecule has 0 amide bonds. The van der Waals surface area contributed by atoms with E-state index in [-0.39, 0.29) is 18.3 Å². The topological polar surface area (TPSA) is 31.4 Å². The van der Waals surface area contributed by atoms with E-state index in [9.17, 15) is 0 Å². The predicted octanol–water partition coefficient (Wildman–Crippen LogP) is 2.99. The summed E-state index contributed by atoms with van der Waals surface area (Å²) in [5, 5.41) is 0.517. The number of pyridine rings is 1. The van der Waals surface area contributed by atoms with Crippen LogP contribution in [0.1, 0.15) is 46.6 Å². The Kier molecular flexibility index (Phi) is 3.96. The molecule has 1 aliphatic heterocycles. The van der Waals surface area contributed by atoms with Gasteiger partial charge in [-0.15, -0.1) is 0 Å². The second kappa shape index (κ2) is 5.08. The molecule has 19 heavy (non-hydrogen) atoms. The maximum atomic E-state index is 6.07. The highest BCUT2D eigenvalue weighted by molar-refractivity contribution is 6.62. The van der Waals surface area contributed by atoms with Crippen molar-refractivity contribution in [1.82, 2.24) is 4.98 Å². The molecule has 1 saturated heterocycles. The van der Waals surface area contributed by atoms with Gasteiger partial charge < -0.3 is 9.31 Å². The molecule has 2 heterocycles. The maximum absolute atomic E-state index is 6.07. The highest BCUT2D eigenvalue weighted by atomic mass is 35.5. The van der Waals surface area contributed by atoms with Crippen LogP contribution in [0.15, 0.2) is 12.3 Å². The van der Waals surface area contributed by atoms with Crippen molar-refractivity contribution in [2.24, 2.45) is 0 Å². The van der Waals surface area contributed by atoms with Gasteiger partial charge in [0.05, 0.1) is 11.2 Å². The van der Waals surface area contributed by atoms with Gasteiger partial charge in [0.2, 0.25) is 0 Å². The quantitative estimate of drug-likeness (QED) is 0.630. The molecule has 0 N–H and O–H groups in total. The van der Waals surface area contributed by atoms with E-state index < -0.39 is 0 Å². The van der Waals surface area contributed by atoms with Crippen molar-refractivity contribution in [1.29, 1.82) is 0 Å². The molecular formula is C14H21BClNO2. The van der Waals surface area contributed by atoms with Crippen LogP contribution >= 0.6 is 11.6 Å². The first-order chi connectivity index (χ1) is 8.77. The number of halogens is 1. The summed E-state index contributed by atoms with van der Waals surface area (Å²) in [4.78, 5) is 4.17. The Morgan fingerprint density at radius 1 is 1.21 bits per heavy atom. The van der Waals surface area contributed by atoms with Crippen molar-refractivity contribution in [3.05, 3.63) is 23.0 Å². The molecule has 104 valence electrons. The van der Waals surface area contributed by atoms with E-state index in [0.29, 0.717) is 5.15 Å². The summed E-state index contributed by atoms with van der Waals surface area (Å²) in [6.07, 6.45) is 3.77. The number of nitrogens with zero attached hydrogens (tertiary/aromatic N) is 1. The van der Waals surface area contributed by atoms with Gasteiger partial charge in [0.15, 0.2) is 0 Å². The molecule has 0 aromatic carbocycles. The molecule has 5 heteroatoms. The zero-order valence-corrected chi connectivity index (χ0v) is 13.0. The Labute approximate surface area is 120 Å². The lowest BCUT2D eigenvalue weighted by atomic mass is 9.76. The number of hydrogen-bond donors (Lipinski definition) is 0. The van der Waals surface area contributed by atoms with Gasteiger partial charge in [-0.3, -0.25) is 0 Å². The predicted molar refractivity (Wildman–Crippen MR) is 79.0 cm³/mol. The Balaban J connectivity index is 2.34. The third-order valence-corrected chi connectivity index (χ3v) is 4.22. The third-order valence-electron chi connectivity index (χ3n) is 4.02. The highest BCUT2D eigenvalue weighted by Crippen LogP contribution is 2.36. The van der Waals surface area contributed by atoms with Crippen LogP contribution in [0.25, 0.3) is 0 Å². The molecule has 1 aromatic heterocycles. The maximum Gasteiger partial charge on any atom is 0.496 e. The SMILES string of the molecule is CCCc1cc(Cl)ncc1B1OC(C)(C)C(C)(C)O1. The van der Waals surface area contributed by atoms with Crippen molar-refractivity contribution in [3.8, 4) is 0 Å². The van der Waals surface area contributed by atoms with E-state index in [1.807, 2.05) is 6.07 Å². The average Bonchev–Trinajstić information content (AvgIpc) is 2.48. The first-order valence-corrected chi connectivity index (χ1v) is 7.14. The van der Waals surface area contributed by atoms with E-state index in [2.05, 4.69) is 39.6 Å². The number of hydrogen-bond acceptors (Lipinski definition) is 3. The molecule has 1 aromatic rings. The lowest BCUT2D eigenvalue weighted by Crippen LogP contribution is -2.41. The number of rotatable bonds is 3. The van der Waals surface area contributed by atoms with Gasteiger partial charge in [-0.1, -0.05) is 24.9 Å². The van der Waals surface area contributed by atoms with Crippen LogP contribution in [-0.4, -0.2) is 23.3 Å². The minimum atomic E-state index is -0.365. The number of aromatic nitrogens is 1. The van der Waals surface area contributed by atoms with Gasteiger partial charge in [0.1, 0.15) is 5.15 Å². The monoisotopic (exact) mass is 281 g/mol. The molecular weight excluding hydrogens is 260 g/mol. The number of aryl methyl sites for hydroxylation is 1. The smallest absolute Gasteiger partial charge is 0.399 e. The van der Waals surface area contributed by atoms with Gasteiger partial charge >= 0.3 is 7.12 Å². The Morgan fingerprint density at radius 3 is 2.32 bits per heavy atom. The molecule has 2 rings (SSSR count). The second-order valence-corrected chi connectivity index (χ2v) is 6.43. The van der Waals surface area contributed by atoms with Crippen LogP contribution in [0.4, 0.5) is 0 Å². The first kappa shape index (κ1) is 14.8. The summed E-state index contributed by atoms with van der Waals surface area (Å²) in [5.41, 5.74) is 1.48. The normalized spacial score (nSPS) is 20.8. The summed E-state index contributed by atoms with van der Waals surface area (Å²) in [5.74, 6) is 0.